The van der Waals surface area contributed by atoms with Crippen LogP contribution in [0.25, 0.3) is 0 Å². The zero-order chi connectivity index (χ0) is 12.6. The van der Waals surface area contributed by atoms with Gasteiger partial charge in [0.05, 0.1) is 19.0 Å². The van der Waals surface area contributed by atoms with Crippen molar-refractivity contribution in [1.29, 1.82) is 0 Å². The Hall–Kier alpha value is -0.940. The van der Waals surface area contributed by atoms with Crippen molar-refractivity contribution in [3.63, 3.8) is 0 Å². The summed E-state index contributed by atoms with van der Waals surface area (Å²) in [7, 11) is 3.48. The fourth-order valence-corrected chi connectivity index (χ4v) is 1.43. The van der Waals surface area contributed by atoms with Crippen LogP contribution < -0.4 is 5.32 Å². The summed E-state index contributed by atoms with van der Waals surface area (Å²) < 4.78 is 0. The van der Waals surface area contributed by atoms with Crippen molar-refractivity contribution in [1.82, 2.24) is 10.2 Å². The van der Waals surface area contributed by atoms with E-state index in [1.165, 1.54) is 0 Å². The minimum Gasteiger partial charge on any atom is -0.481 e. The second kappa shape index (κ2) is 8.24. The van der Waals surface area contributed by atoms with E-state index >= 15 is 0 Å². The quantitative estimate of drug-likeness (QED) is 0.598. The van der Waals surface area contributed by atoms with Gasteiger partial charge in [-0.25, -0.2) is 0 Å². The highest BCUT2D eigenvalue weighted by atomic mass is 16.4. The van der Waals surface area contributed by atoms with Crippen molar-refractivity contribution >= 4 is 11.8 Å². The van der Waals surface area contributed by atoms with E-state index in [1.807, 2.05) is 11.9 Å². The molecule has 0 fully saturated rings. The van der Waals surface area contributed by atoms with E-state index < -0.39 is 12.0 Å². The van der Waals surface area contributed by atoms with Crippen molar-refractivity contribution in [3.05, 3.63) is 0 Å². The van der Waals surface area contributed by atoms with E-state index in [9.17, 15) is 9.59 Å². The number of unbranched alkanes of at least 4 members (excludes halogenated alkanes) is 1. The molecular weight excluding hydrogens is 208 g/mol. The molecule has 0 heterocycles. The number of carboxylic acid groups (broad SMARTS) is 1. The zero-order valence-corrected chi connectivity index (χ0v) is 10.3. The maximum absolute atomic E-state index is 11.7. The molecule has 94 valence electrons. The summed E-state index contributed by atoms with van der Waals surface area (Å²) in [6.45, 7) is 3.26. The lowest BCUT2D eigenvalue weighted by Crippen LogP contribution is -2.42. The third kappa shape index (κ3) is 6.53. The zero-order valence-electron chi connectivity index (χ0n) is 10.3. The van der Waals surface area contributed by atoms with Crippen molar-refractivity contribution in [2.75, 3.05) is 27.2 Å². The van der Waals surface area contributed by atoms with Crippen LogP contribution in [0.3, 0.4) is 0 Å². The second-order valence-electron chi connectivity index (χ2n) is 4.00. The third-order valence-corrected chi connectivity index (χ3v) is 2.44. The van der Waals surface area contributed by atoms with Crippen LogP contribution in [-0.4, -0.2) is 55.0 Å². The van der Waals surface area contributed by atoms with Gasteiger partial charge in [-0.05, 0) is 27.1 Å². The minimum absolute atomic E-state index is 0.0662. The summed E-state index contributed by atoms with van der Waals surface area (Å²) in [6, 6.07) is -0.582. The Labute approximate surface area is 96.8 Å². The molecular formula is C11H22N2O3. The molecule has 1 atom stereocenters. The Morgan fingerprint density at radius 2 is 2.06 bits per heavy atom. The monoisotopic (exact) mass is 230 g/mol. The van der Waals surface area contributed by atoms with Crippen LogP contribution >= 0.6 is 0 Å². The van der Waals surface area contributed by atoms with Gasteiger partial charge in [0, 0.05) is 0 Å². The third-order valence-electron chi connectivity index (χ3n) is 2.44. The van der Waals surface area contributed by atoms with Gasteiger partial charge in [-0.15, -0.1) is 0 Å². The highest BCUT2D eigenvalue weighted by Gasteiger charge is 2.20. The van der Waals surface area contributed by atoms with Gasteiger partial charge in [0.1, 0.15) is 0 Å². The Bertz CT molecular complexity index is 231. The maximum Gasteiger partial charge on any atom is 0.305 e. The summed E-state index contributed by atoms with van der Waals surface area (Å²) in [4.78, 5) is 24.2. The molecule has 16 heavy (non-hydrogen) atoms. The van der Waals surface area contributed by atoms with Crippen LogP contribution in [0.5, 0.6) is 0 Å². The van der Waals surface area contributed by atoms with E-state index in [0.717, 1.165) is 19.4 Å². The molecule has 0 aliphatic heterocycles. The van der Waals surface area contributed by atoms with E-state index in [2.05, 4.69) is 12.2 Å². The predicted octanol–water partition coefficient (Wildman–Crippen LogP) is 0.350. The highest BCUT2D eigenvalue weighted by Crippen LogP contribution is 1.98. The molecule has 0 aliphatic carbocycles. The molecule has 0 rings (SSSR count). The van der Waals surface area contributed by atoms with Crippen molar-refractivity contribution in [3.8, 4) is 0 Å². The fourth-order valence-electron chi connectivity index (χ4n) is 1.43. The first-order chi connectivity index (χ1) is 7.51. The summed E-state index contributed by atoms with van der Waals surface area (Å²) in [5.74, 6) is -1.02. The van der Waals surface area contributed by atoms with Gasteiger partial charge >= 0.3 is 5.97 Å². The van der Waals surface area contributed by atoms with Gasteiger partial charge in [0.25, 0.3) is 0 Å². The lowest BCUT2D eigenvalue weighted by molar-refractivity contribution is -0.139. The van der Waals surface area contributed by atoms with Crippen LogP contribution in [0.15, 0.2) is 0 Å². The lowest BCUT2D eigenvalue weighted by Gasteiger charge is -2.19. The molecule has 0 radical (unpaired) electrons. The van der Waals surface area contributed by atoms with Crippen molar-refractivity contribution < 1.29 is 14.7 Å². The summed E-state index contributed by atoms with van der Waals surface area (Å²) >= 11 is 0. The first-order valence-corrected chi connectivity index (χ1v) is 5.61. The van der Waals surface area contributed by atoms with Crippen LogP contribution in [0, 0.1) is 0 Å². The summed E-state index contributed by atoms with van der Waals surface area (Å²) in [5.41, 5.74) is 0. The number of hydrogen-bond acceptors (Lipinski definition) is 4. The number of carbonyl (C=O) groups is 2. The predicted molar refractivity (Wildman–Crippen MR) is 62.5 cm³/mol. The SMILES string of the molecule is CCCCN(C)CC(=O)[C@H](CC(=O)O)NC. The van der Waals surface area contributed by atoms with E-state index in [0.29, 0.717) is 6.54 Å². The first kappa shape index (κ1) is 15.1. The number of rotatable bonds is 9. The van der Waals surface area contributed by atoms with Crippen molar-refractivity contribution in [2.45, 2.75) is 32.2 Å². The molecule has 0 aromatic heterocycles. The Morgan fingerprint density at radius 1 is 1.44 bits per heavy atom. The summed E-state index contributed by atoms with van der Waals surface area (Å²) in [5, 5.41) is 11.4. The molecule has 0 unspecified atom stereocenters. The van der Waals surface area contributed by atoms with Crippen molar-refractivity contribution in [2.24, 2.45) is 0 Å². The van der Waals surface area contributed by atoms with Crippen LogP contribution in [0.2, 0.25) is 0 Å². The smallest absolute Gasteiger partial charge is 0.305 e. The fraction of sp³-hybridized carbons (Fsp3) is 0.818. The molecule has 5 nitrogen and oxygen atoms in total. The van der Waals surface area contributed by atoms with E-state index in [4.69, 9.17) is 5.11 Å². The number of nitrogens with one attached hydrogen (secondary N) is 1. The van der Waals surface area contributed by atoms with Crippen LogP contribution in [-0.2, 0) is 9.59 Å². The molecule has 0 saturated carbocycles. The van der Waals surface area contributed by atoms with Gasteiger partial charge in [0.2, 0.25) is 0 Å². The minimum atomic E-state index is -0.955. The van der Waals surface area contributed by atoms with Gasteiger partial charge in [-0.1, -0.05) is 13.3 Å². The van der Waals surface area contributed by atoms with Gasteiger partial charge in [-0.2, -0.15) is 0 Å². The molecule has 0 aromatic rings. The number of nitrogens with zero attached hydrogens (tertiary/aromatic N) is 1. The standard InChI is InChI=1S/C11H22N2O3/c1-4-5-6-13(3)8-10(14)9(12-2)7-11(15)16/h9,12H,4-8H2,1-3H3,(H,15,16)/t9-/m0/s1. The maximum atomic E-state index is 11.7. The molecule has 0 aliphatic rings. The Kier molecular flexibility index (Phi) is 7.76. The molecule has 0 saturated heterocycles. The molecule has 5 heteroatoms. The average Bonchev–Trinajstić information content (AvgIpc) is 2.22. The molecule has 0 amide bonds. The largest absolute Gasteiger partial charge is 0.481 e. The van der Waals surface area contributed by atoms with Crippen LogP contribution in [0.4, 0.5) is 0 Å². The van der Waals surface area contributed by atoms with E-state index in [1.54, 1.807) is 7.05 Å². The normalized spacial score (nSPS) is 12.8. The topological polar surface area (TPSA) is 69.6 Å². The highest BCUT2D eigenvalue weighted by molar-refractivity contribution is 5.89. The average molecular weight is 230 g/mol. The first-order valence-electron chi connectivity index (χ1n) is 5.61. The molecule has 2 N–H and O–H groups in total. The number of carbonyl (C=O) groups excluding carboxylic acids is 1. The molecule has 0 aromatic carbocycles. The Morgan fingerprint density at radius 3 is 2.50 bits per heavy atom. The number of aliphatic carboxylic acids is 1. The number of ketones is 1. The molecule has 0 bridgehead atoms. The van der Waals surface area contributed by atoms with E-state index in [-0.39, 0.29) is 12.2 Å². The van der Waals surface area contributed by atoms with Gasteiger partial charge in [0.15, 0.2) is 5.78 Å². The van der Waals surface area contributed by atoms with Gasteiger partial charge < -0.3 is 10.4 Å². The number of carboxylic acids is 1. The van der Waals surface area contributed by atoms with Gasteiger partial charge in [-0.3, -0.25) is 14.5 Å². The lowest BCUT2D eigenvalue weighted by atomic mass is 10.1. The number of likely N-dealkylation sites (N-methyl/N-ethyl adjacent to an activating group) is 2. The Balaban J connectivity index is 4.04. The molecule has 0 spiro atoms. The summed E-state index contributed by atoms with van der Waals surface area (Å²) in [6.07, 6.45) is 1.98. The number of Topliss-reactive ketones (excluding diaryl/α,β-unsaturated/α-hetero) is 1. The van der Waals surface area contributed by atoms with Crippen LogP contribution in [0.1, 0.15) is 26.2 Å². The second-order valence-corrected chi connectivity index (χ2v) is 4.00. The number of hydrogen-bond donors (Lipinski definition) is 2.